The van der Waals surface area contributed by atoms with Gasteiger partial charge in [-0.3, -0.25) is 0 Å². The topological polar surface area (TPSA) is 20.2 Å². The number of rotatable bonds is 2. The normalized spacial score (nSPS) is 13.9. The second kappa shape index (κ2) is 4.37. The smallest absolute Gasteiger partial charge is 0.388 e. The Balaban J connectivity index is 3.28. The van der Waals surface area contributed by atoms with E-state index in [2.05, 4.69) is 0 Å². The molecule has 1 aromatic carbocycles. The van der Waals surface area contributed by atoms with Crippen LogP contribution in [-0.4, -0.2) is 5.11 Å². The van der Waals surface area contributed by atoms with E-state index >= 15 is 0 Å². The zero-order valence-corrected chi connectivity index (χ0v) is 8.28. The Morgan fingerprint density at radius 3 is 1.94 bits per heavy atom. The molecule has 1 aromatic rings. The molecule has 0 amide bonds. The first-order valence-corrected chi connectivity index (χ1v) is 4.51. The van der Waals surface area contributed by atoms with Gasteiger partial charge in [0.2, 0.25) is 0 Å². The van der Waals surface area contributed by atoms with Crippen LogP contribution in [-0.2, 0) is 6.18 Å². The van der Waals surface area contributed by atoms with Gasteiger partial charge in [-0.1, -0.05) is 6.92 Å². The minimum atomic E-state index is -5.08. The van der Waals surface area contributed by atoms with Gasteiger partial charge in [0.1, 0.15) is 17.2 Å². The molecule has 1 N–H and O–H groups in total. The second-order valence-corrected chi connectivity index (χ2v) is 3.28. The van der Waals surface area contributed by atoms with Gasteiger partial charge in [0, 0.05) is 0 Å². The van der Waals surface area contributed by atoms with Gasteiger partial charge in [0.25, 0.3) is 0 Å². The van der Waals surface area contributed by atoms with Crippen molar-refractivity contribution in [2.45, 2.75) is 25.6 Å². The fraction of sp³-hybridized carbons (Fsp3) is 0.400. The standard InChI is InChI=1S/C10H9F5O/c1-2-8(16)5-3-6(11)9(7(12)4-5)10(13,14)15/h3-4,8,16H,2H2,1H3. The maximum Gasteiger partial charge on any atom is 0.422 e. The van der Waals surface area contributed by atoms with Crippen LogP contribution in [0.1, 0.15) is 30.6 Å². The summed E-state index contributed by atoms with van der Waals surface area (Å²) < 4.78 is 62.6. The molecule has 0 saturated heterocycles. The van der Waals surface area contributed by atoms with Gasteiger partial charge in [-0.05, 0) is 24.1 Å². The van der Waals surface area contributed by atoms with Crippen LogP contribution in [0.25, 0.3) is 0 Å². The van der Waals surface area contributed by atoms with E-state index in [0.29, 0.717) is 12.1 Å². The molecule has 0 bridgehead atoms. The molecule has 1 nitrogen and oxygen atoms in total. The van der Waals surface area contributed by atoms with Crippen molar-refractivity contribution in [3.63, 3.8) is 0 Å². The van der Waals surface area contributed by atoms with E-state index in [1.807, 2.05) is 0 Å². The van der Waals surface area contributed by atoms with Gasteiger partial charge in [-0.2, -0.15) is 13.2 Å². The summed E-state index contributed by atoms with van der Waals surface area (Å²) in [6.45, 7) is 1.54. The molecule has 0 aromatic heterocycles. The lowest BCUT2D eigenvalue weighted by molar-refractivity contribution is -0.142. The molecule has 16 heavy (non-hydrogen) atoms. The van der Waals surface area contributed by atoms with Gasteiger partial charge in [0.15, 0.2) is 0 Å². The minimum absolute atomic E-state index is 0.157. The molecule has 6 heteroatoms. The van der Waals surface area contributed by atoms with Crippen molar-refractivity contribution in [2.24, 2.45) is 0 Å². The number of halogens is 5. The first kappa shape index (κ1) is 12.9. The lowest BCUT2D eigenvalue weighted by Gasteiger charge is -2.13. The predicted molar refractivity (Wildman–Crippen MR) is 46.6 cm³/mol. The lowest BCUT2D eigenvalue weighted by atomic mass is 10.0. The summed E-state index contributed by atoms with van der Waals surface area (Å²) in [5.74, 6) is -3.43. The zero-order valence-electron chi connectivity index (χ0n) is 8.28. The Hall–Kier alpha value is -1.17. The van der Waals surface area contributed by atoms with Crippen LogP contribution in [0.2, 0.25) is 0 Å². The van der Waals surface area contributed by atoms with Crippen LogP contribution < -0.4 is 0 Å². The van der Waals surface area contributed by atoms with Crippen LogP contribution in [0.4, 0.5) is 22.0 Å². The Labute approximate surface area is 88.5 Å². The third-order valence-electron chi connectivity index (χ3n) is 2.12. The lowest BCUT2D eigenvalue weighted by Crippen LogP contribution is -2.12. The molecular formula is C10H9F5O. The van der Waals surface area contributed by atoms with Crippen LogP contribution in [0.3, 0.4) is 0 Å². The summed E-state index contributed by atoms with van der Waals surface area (Å²) in [6, 6.07) is 1.00. The first-order valence-electron chi connectivity index (χ1n) is 4.51. The fourth-order valence-corrected chi connectivity index (χ4v) is 1.29. The molecule has 0 heterocycles. The molecule has 0 aliphatic rings. The van der Waals surface area contributed by atoms with Crippen molar-refractivity contribution in [3.05, 3.63) is 34.9 Å². The quantitative estimate of drug-likeness (QED) is 0.785. The van der Waals surface area contributed by atoms with E-state index in [1.54, 1.807) is 0 Å². The number of hydrogen-bond acceptors (Lipinski definition) is 1. The average Bonchev–Trinajstić information content (AvgIpc) is 2.13. The Morgan fingerprint density at radius 2 is 1.62 bits per heavy atom. The molecule has 0 radical (unpaired) electrons. The van der Waals surface area contributed by atoms with Gasteiger partial charge < -0.3 is 5.11 Å². The van der Waals surface area contributed by atoms with Crippen molar-refractivity contribution < 1.29 is 27.1 Å². The second-order valence-electron chi connectivity index (χ2n) is 3.28. The van der Waals surface area contributed by atoms with Gasteiger partial charge >= 0.3 is 6.18 Å². The number of benzene rings is 1. The number of aliphatic hydroxyl groups excluding tert-OH is 1. The van der Waals surface area contributed by atoms with E-state index < -0.39 is 29.5 Å². The monoisotopic (exact) mass is 240 g/mol. The Kier molecular flexibility index (Phi) is 3.52. The third kappa shape index (κ3) is 2.49. The van der Waals surface area contributed by atoms with Gasteiger partial charge in [0.05, 0.1) is 6.10 Å². The van der Waals surface area contributed by atoms with Crippen LogP contribution in [0, 0.1) is 11.6 Å². The van der Waals surface area contributed by atoms with E-state index in [1.165, 1.54) is 6.92 Å². The van der Waals surface area contributed by atoms with Crippen LogP contribution in [0.5, 0.6) is 0 Å². The largest absolute Gasteiger partial charge is 0.422 e. The number of hydrogen-bond donors (Lipinski definition) is 1. The maximum absolute atomic E-state index is 13.0. The van der Waals surface area contributed by atoms with E-state index in [0.717, 1.165) is 0 Å². The highest BCUT2D eigenvalue weighted by molar-refractivity contribution is 5.29. The van der Waals surface area contributed by atoms with Crippen LogP contribution in [0.15, 0.2) is 12.1 Å². The highest BCUT2D eigenvalue weighted by Crippen LogP contribution is 2.35. The van der Waals surface area contributed by atoms with Crippen molar-refractivity contribution in [1.82, 2.24) is 0 Å². The molecule has 1 unspecified atom stereocenters. The molecule has 90 valence electrons. The maximum atomic E-state index is 13.0. The SMILES string of the molecule is CCC(O)c1cc(F)c(C(F)(F)F)c(F)c1. The van der Waals surface area contributed by atoms with Crippen molar-refractivity contribution in [3.8, 4) is 0 Å². The highest BCUT2D eigenvalue weighted by atomic mass is 19.4. The van der Waals surface area contributed by atoms with Gasteiger partial charge in [-0.25, -0.2) is 8.78 Å². The molecule has 0 spiro atoms. The summed E-state index contributed by atoms with van der Waals surface area (Å²) in [6.07, 6.45) is -6.10. The van der Waals surface area contributed by atoms with E-state index in [4.69, 9.17) is 0 Å². The first-order chi connectivity index (χ1) is 7.27. The average molecular weight is 240 g/mol. The summed E-state index contributed by atoms with van der Waals surface area (Å²) in [5.41, 5.74) is -2.13. The highest BCUT2D eigenvalue weighted by Gasteiger charge is 2.38. The number of alkyl halides is 3. The van der Waals surface area contributed by atoms with Crippen LogP contribution >= 0.6 is 0 Å². The molecule has 0 saturated carbocycles. The molecule has 0 aliphatic carbocycles. The summed E-state index contributed by atoms with van der Waals surface area (Å²) >= 11 is 0. The summed E-state index contributed by atoms with van der Waals surface area (Å²) in [7, 11) is 0. The van der Waals surface area contributed by atoms with Crippen molar-refractivity contribution in [1.29, 1.82) is 0 Å². The van der Waals surface area contributed by atoms with Crippen molar-refractivity contribution in [2.75, 3.05) is 0 Å². The molecule has 1 rings (SSSR count). The Bertz CT molecular complexity index is 362. The zero-order chi connectivity index (χ0) is 12.5. The summed E-state index contributed by atoms with van der Waals surface area (Å²) in [4.78, 5) is 0. The third-order valence-corrected chi connectivity index (χ3v) is 2.12. The molecule has 1 atom stereocenters. The fourth-order valence-electron chi connectivity index (χ4n) is 1.29. The van der Waals surface area contributed by atoms with Crippen molar-refractivity contribution >= 4 is 0 Å². The summed E-state index contributed by atoms with van der Waals surface area (Å²) in [5, 5.41) is 9.26. The molecule has 0 aliphatic heterocycles. The number of aliphatic hydroxyl groups is 1. The molecular weight excluding hydrogens is 231 g/mol. The Morgan fingerprint density at radius 1 is 1.19 bits per heavy atom. The van der Waals surface area contributed by atoms with E-state index in [9.17, 15) is 27.1 Å². The predicted octanol–water partition coefficient (Wildman–Crippen LogP) is 3.43. The van der Waals surface area contributed by atoms with E-state index in [-0.39, 0.29) is 12.0 Å². The molecule has 0 fully saturated rings. The minimum Gasteiger partial charge on any atom is -0.388 e. The van der Waals surface area contributed by atoms with Gasteiger partial charge in [-0.15, -0.1) is 0 Å².